The topological polar surface area (TPSA) is 98.0 Å². The van der Waals surface area contributed by atoms with Gasteiger partial charge in [-0.3, -0.25) is 4.55 Å². The number of fused-ring (bicyclic) bond motifs is 3. The Labute approximate surface area is 149 Å². The van der Waals surface area contributed by atoms with Gasteiger partial charge in [0.1, 0.15) is 0 Å². The summed E-state index contributed by atoms with van der Waals surface area (Å²) in [4.78, 5) is 13.5. The maximum atomic E-state index is 9.56. The van der Waals surface area contributed by atoms with Gasteiger partial charge in [-0.05, 0) is 6.92 Å². The second-order valence-corrected chi connectivity index (χ2v) is 8.30. The number of nitrogens with zero attached hydrogens (tertiary/aromatic N) is 4. The number of imidazole rings is 1. The van der Waals surface area contributed by atoms with Crippen molar-refractivity contribution in [1.82, 2.24) is 19.5 Å². The van der Waals surface area contributed by atoms with E-state index in [0.717, 1.165) is 33.1 Å². The van der Waals surface area contributed by atoms with E-state index in [9.17, 15) is 8.42 Å². The molecule has 0 saturated carbocycles. The number of hydrogen-bond donors (Lipinski definition) is 1. The van der Waals surface area contributed by atoms with Crippen LogP contribution in [0.5, 0.6) is 0 Å². The van der Waals surface area contributed by atoms with Gasteiger partial charge in [-0.25, -0.2) is 0 Å². The molecular formula is C15H19AsN4O3S. The Hall–Kier alpha value is -1.50. The second-order valence-electron chi connectivity index (χ2n) is 5.67. The number of aromatic nitrogens is 4. The van der Waals surface area contributed by atoms with E-state index in [2.05, 4.69) is 50.2 Å². The molecule has 0 aliphatic rings. The molecule has 0 saturated heterocycles. The van der Waals surface area contributed by atoms with Crippen molar-refractivity contribution >= 4 is 53.5 Å². The summed E-state index contributed by atoms with van der Waals surface area (Å²) in [5.74, 6) is 0.372. The van der Waals surface area contributed by atoms with E-state index in [0.29, 0.717) is 5.92 Å². The van der Waals surface area contributed by atoms with E-state index in [-0.39, 0.29) is 5.75 Å². The first-order valence-electron chi connectivity index (χ1n) is 7.46. The molecule has 1 N–H and O–H groups in total. The Morgan fingerprint density at radius 2 is 1.96 bits per heavy atom. The Bertz CT molecular complexity index is 954. The molecule has 128 valence electrons. The van der Waals surface area contributed by atoms with Crippen LogP contribution in [0.2, 0.25) is 0 Å². The Balaban J connectivity index is 0.000000301. The number of rotatable bonds is 3. The van der Waals surface area contributed by atoms with Gasteiger partial charge in [-0.1, -0.05) is 0 Å². The second kappa shape index (κ2) is 7.59. The molecule has 3 aromatic heterocycles. The minimum absolute atomic E-state index is 0.201. The summed E-state index contributed by atoms with van der Waals surface area (Å²) in [7, 11) is -3.66. The quantitative estimate of drug-likeness (QED) is 0.517. The summed E-state index contributed by atoms with van der Waals surface area (Å²) in [5.41, 5.74) is 3.87. The van der Waals surface area contributed by atoms with Gasteiger partial charge in [0, 0.05) is 0 Å². The predicted molar refractivity (Wildman–Crippen MR) is 95.1 cm³/mol. The van der Waals surface area contributed by atoms with Crippen LogP contribution in [0.15, 0.2) is 24.7 Å². The Morgan fingerprint density at radius 1 is 1.29 bits per heavy atom. The maximum absolute atomic E-state index is 9.56. The third-order valence-electron chi connectivity index (χ3n) is 3.21. The first-order chi connectivity index (χ1) is 11.2. The Morgan fingerprint density at radius 3 is 2.54 bits per heavy atom. The molecular weight excluding hydrogens is 391 g/mol. The first-order valence-corrected chi connectivity index (χ1v) is 10.0. The van der Waals surface area contributed by atoms with E-state index < -0.39 is 10.1 Å². The molecule has 0 aliphatic heterocycles. The summed E-state index contributed by atoms with van der Waals surface area (Å²) in [6, 6.07) is 3.90. The van der Waals surface area contributed by atoms with E-state index in [1.54, 1.807) is 6.20 Å². The van der Waals surface area contributed by atoms with E-state index in [1.807, 2.05) is 18.5 Å². The van der Waals surface area contributed by atoms with Crippen LogP contribution in [-0.2, 0) is 16.7 Å². The van der Waals surface area contributed by atoms with E-state index in [4.69, 9.17) is 4.55 Å². The third kappa shape index (κ3) is 4.53. The van der Waals surface area contributed by atoms with Crippen LogP contribution in [0.3, 0.4) is 0 Å². The zero-order chi connectivity index (χ0) is 17.9. The van der Waals surface area contributed by atoms with Crippen LogP contribution in [0.25, 0.3) is 22.1 Å². The fourth-order valence-electron chi connectivity index (χ4n) is 2.16. The molecule has 0 spiro atoms. The van der Waals surface area contributed by atoms with Crippen LogP contribution in [0, 0.1) is 5.92 Å². The smallest absolute Gasteiger partial charge is 0.264 e. The van der Waals surface area contributed by atoms with E-state index in [1.165, 1.54) is 6.92 Å². The van der Waals surface area contributed by atoms with Crippen molar-refractivity contribution in [2.45, 2.75) is 27.3 Å². The molecule has 0 amide bonds. The van der Waals surface area contributed by atoms with Gasteiger partial charge >= 0.3 is 114 Å². The van der Waals surface area contributed by atoms with Gasteiger partial charge in [0.25, 0.3) is 10.1 Å². The van der Waals surface area contributed by atoms with Gasteiger partial charge < -0.3 is 0 Å². The third-order valence-corrected chi connectivity index (χ3v) is 4.60. The van der Waals surface area contributed by atoms with Crippen molar-refractivity contribution in [3.63, 3.8) is 0 Å². The molecule has 0 unspecified atom stereocenters. The van der Waals surface area contributed by atoms with Crippen molar-refractivity contribution in [3.8, 4) is 0 Å². The molecule has 3 aromatic rings. The molecule has 3 rings (SSSR count). The predicted octanol–water partition coefficient (Wildman–Crippen LogP) is 1.32. The van der Waals surface area contributed by atoms with Crippen LogP contribution >= 0.6 is 0 Å². The average Bonchev–Trinajstić information content (AvgIpc) is 2.91. The minimum Gasteiger partial charge on any atom is -0.286 e. The Kier molecular flexibility index (Phi) is 5.96. The number of pyridine rings is 2. The van der Waals surface area contributed by atoms with Crippen molar-refractivity contribution in [3.05, 3.63) is 24.7 Å². The molecule has 0 aromatic carbocycles. The molecule has 2 radical (unpaired) electrons. The molecule has 0 aliphatic carbocycles. The van der Waals surface area contributed by atoms with Crippen molar-refractivity contribution in [1.29, 1.82) is 0 Å². The van der Waals surface area contributed by atoms with Crippen LogP contribution in [0.1, 0.15) is 20.8 Å². The van der Waals surface area contributed by atoms with Crippen molar-refractivity contribution in [2.24, 2.45) is 5.92 Å². The number of hydrogen-bond acceptors (Lipinski definition) is 5. The van der Waals surface area contributed by atoms with Gasteiger partial charge in [-0.15, -0.1) is 0 Å². The minimum atomic E-state index is -3.66. The van der Waals surface area contributed by atoms with Gasteiger partial charge in [0.2, 0.25) is 0 Å². The molecule has 7 nitrogen and oxygen atoms in total. The van der Waals surface area contributed by atoms with Crippen LogP contribution in [0.4, 0.5) is 0 Å². The molecule has 0 fully saturated rings. The largest absolute Gasteiger partial charge is 0.286 e. The van der Waals surface area contributed by atoms with Gasteiger partial charge in [-0.2, -0.15) is 8.42 Å². The fraction of sp³-hybridized carbons (Fsp3) is 0.400. The SMILES string of the molecule is CC(C)Cn1cnc2c([As])nc3cccnc3c21.CCS(=O)(=O)O. The average molecular weight is 410 g/mol. The monoisotopic (exact) mass is 410 g/mol. The van der Waals surface area contributed by atoms with Gasteiger partial charge in [0.05, 0.1) is 5.75 Å². The maximum Gasteiger partial charge on any atom is 0.264 e. The summed E-state index contributed by atoms with van der Waals surface area (Å²) >= 11 is 2.50. The summed E-state index contributed by atoms with van der Waals surface area (Å²) in [6.45, 7) is 6.71. The summed E-state index contributed by atoms with van der Waals surface area (Å²) in [5, 5.41) is 0. The first kappa shape index (κ1) is 18.8. The van der Waals surface area contributed by atoms with Crippen LogP contribution in [-0.4, -0.2) is 55.1 Å². The molecule has 24 heavy (non-hydrogen) atoms. The van der Waals surface area contributed by atoms with Crippen molar-refractivity contribution in [2.75, 3.05) is 5.75 Å². The zero-order valence-corrected chi connectivity index (χ0v) is 16.4. The molecule has 3 heterocycles. The summed E-state index contributed by atoms with van der Waals surface area (Å²) in [6.07, 6.45) is 3.69. The van der Waals surface area contributed by atoms with Crippen LogP contribution < -0.4 is 4.48 Å². The molecule has 0 atom stereocenters. The van der Waals surface area contributed by atoms with E-state index >= 15 is 0 Å². The summed E-state index contributed by atoms with van der Waals surface area (Å²) < 4.78 is 30.0. The molecule has 9 heteroatoms. The molecule has 0 bridgehead atoms. The van der Waals surface area contributed by atoms with Crippen molar-refractivity contribution < 1.29 is 13.0 Å². The van der Waals surface area contributed by atoms with Gasteiger partial charge in [0.15, 0.2) is 0 Å². The normalized spacial score (nSPS) is 11.8. The zero-order valence-electron chi connectivity index (χ0n) is 13.7. The fourth-order valence-corrected chi connectivity index (χ4v) is 2.73. The standard InChI is InChI=1S/C13H13AsN4.C2H6O3S/c1-8(2)6-18-7-16-11-12(18)10-9(17-13(11)14)4-3-5-15-10;1-2-6(3,4)5/h3-5,7-8H,6H2,1-2H3;2H2,1H3,(H,3,4,5).